The van der Waals surface area contributed by atoms with Crippen LogP contribution >= 0.6 is 0 Å². The summed E-state index contributed by atoms with van der Waals surface area (Å²) in [7, 11) is 0. The Labute approximate surface area is 127 Å². The van der Waals surface area contributed by atoms with Crippen LogP contribution in [0.1, 0.15) is 23.1 Å². The zero-order valence-electron chi connectivity index (χ0n) is 11.9. The molecule has 116 valence electrons. The van der Waals surface area contributed by atoms with E-state index in [-0.39, 0.29) is 31.6 Å². The molecule has 5 heteroatoms. The van der Waals surface area contributed by atoms with Gasteiger partial charge in [-0.3, -0.25) is 4.79 Å². The lowest BCUT2D eigenvalue weighted by molar-refractivity contribution is -0.136. The third kappa shape index (κ3) is 4.63. The Hall–Kier alpha value is -2.27. The summed E-state index contributed by atoms with van der Waals surface area (Å²) in [5.74, 6) is -2.43. The topological polar surface area (TPSA) is 46.5 Å². The molecule has 0 spiro atoms. The molecular formula is C17H16F2O3. The van der Waals surface area contributed by atoms with E-state index in [0.717, 1.165) is 17.7 Å². The first-order valence-corrected chi connectivity index (χ1v) is 6.86. The van der Waals surface area contributed by atoms with E-state index in [1.165, 1.54) is 0 Å². The van der Waals surface area contributed by atoms with Gasteiger partial charge in [-0.1, -0.05) is 30.3 Å². The summed E-state index contributed by atoms with van der Waals surface area (Å²) in [4.78, 5) is 10.5. The summed E-state index contributed by atoms with van der Waals surface area (Å²) in [6, 6.07) is 11.6. The number of hydrogen-bond donors (Lipinski definition) is 1. The molecule has 22 heavy (non-hydrogen) atoms. The number of carbonyl (C=O) groups is 1. The van der Waals surface area contributed by atoms with Crippen LogP contribution in [0.3, 0.4) is 0 Å². The molecule has 3 nitrogen and oxygen atoms in total. The summed E-state index contributed by atoms with van der Waals surface area (Å²) in [6.07, 6.45) is -0.0724. The second-order valence-corrected chi connectivity index (χ2v) is 4.91. The molecule has 0 aliphatic rings. The minimum Gasteiger partial charge on any atom is -0.481 e. The molecule has 0 amide bonds. The fraction of sp³-hybridized carbons (Fsp3) is 0.235. The number of rotatable bonds is 7. The molecule has 0 aliphatic carbocycles. The number of halogens is 2. The van der Waals surface area contributed by atoms with Gasteiger partial charge in [0.2, 0.25) is 0 Å². The van der Waals surface area contributed by atoms with E-state index < -0.39 is 17.6 Å². The summed E-state index contributed by atoms with van der Waals surface area (Å²) in [6.45, 7) is 0.0895. The molecule has 2 aromatic rings. The molecule has 1 N–H and O–H groups in total. The average Bonchev–Trinajstić information content (AvgIpc) is 2.49. The summed E-state index contributed by atoms with van der Waals surface area (Å²) in [5, 5.41) is 8.58. The molecule has 0 heterocycles. The van der Waals surface area contributed by atoms with Crippen molar-refractivity contribution in [2.24, 2.45) is 0 Å². The van der Waals surface area contributed by atoms with Crippen LogP contribution in [0.25, 0.3) is 0 Å². The van der Waals surface area contributed by atoms with E-state index >= 15 is 0 Å². The van der Waals surface area contributed by atoms with Crippen LogP contribution in [-0.4, -0.2) is 11.1 Å². The number of aryl methyl sites for hydroxylation is 1. The summed E-state index contributed by atoms with van der Waals surface area (Å²) in [5.41, 5.74) is 1.10. The van der Waals surface area contributed by atoms with E-state index in [4.69, 9.17) is 9.84 Å². The number of hydrogen-bond acceptors (Lipinski definition) is 2. The number of benzene rings is 2. The first-order chi connectivity index (χ1) is 10.6. The Kier molecular flexibility index (Phi) is 5.61. The van der Waals surface area contributed by atoms with E-state index in [0.29, 0.717) is 5.56 Å². The average molecular weight is 306 g/mol. The second-order valence-electron chi connectivity index (χ2n) is 4.91. The first kappa shape index (κ1) is 16.1. The van der Waals surface area contributed by atoms with Crippen LogP contribution in [0.2, 0.25) is 0 Å². The van der Waals surface area contributed by atoms with E-state index in [1.807, 2.05) is 30.3 Å². The molecule has 0 bridgehead atoms. The van der Waals surface area contributed by atoms with Crippen molar-refractivity contribution in [3.05, 3.63) is 70.8 Å². The lowest BCUT2D eigenvalue weighted by atomic mass is 10.1. The number of carboxylic acid groups (broad SMARTS) is 1. The number of ether oxygens (including phenoxy) is 1. The number of carboxylic acids is 1. The predicted molar refractivity (Wildman–Crippen MR) is 77.2 cm³/mol. The van der Waals surface area contributed by atoms with Gasteiger partial charge in [-0.05, 0) is 29.7 Å². The van der Waals surface area contributed by atoms with Crippen LogP contribution in [-0.2, 0) is 29.2 Å². The molecular weight excluding hydrogens is 290 g/mol. The zero-order chi connectivity index (χ0) is 15.9. The third-order valence-corrected chi connectivity index (χ3v) is 3.19. The highest BCUT2D eigenvalue weighted by Gasteiger charge is 2.12. The lowest BCUT2D eigenvalue weighted by Crippen LogP contribution is -2.03. The SMILES string of the molecule is O=C(O)CCc1cc(F)c(COCc2ccccc2)c(F)c1. The molecule has 0 aliphatic heterocycles. The summed E-state index contributed by atoms with van der Waals surface area (Å²) < 4.78 is 33.1. The normalized spacial score (nSPS) is 10.6. The van der Waals surface area contributed by atoms with Gasteiger partial charge in [0.25, 0.3) is 0 Å². The monoisotopic (exact) mass is 306 g/mol. The minimum absolute atomic E-state index is 0.0916. The van der Waals surface area contributed by atoms with Crippen LogP contribution in [0.5, 0.6) is 0 Å². The predicted octanol–water partition coefficient (Wildman–Crippen LogP) is 3.70. The molecule has 0 aromatic heterocycles. The molecule has 0 unspecified atom stereocenters. The standard InChI is InChI=1S/C17H16F2O3/c18-15-8-13(6-7-17(20)21)9-16(19)14(15)11-22-10-12-4-2-1-3-5-12/h1-5,8-9H,6-7,10-11H2,(H,20,21). The van der Waals surface area contributed by atoms with Gasteiger partial charge in [-0.2, -0.15) is 0 Å². The van der Waals surface area contributed by atoms with Crippen LogP contribution in [0, 0.1) is 11.6 Å². The van der Waals surface area contributed by atoms with Crippen molar-refractivity contribution in [2.75, 3.05) is 0 Å². The maximum absolute atomic E-state index is 13.9. The largest absolute Gasteiger partial charge is 0.481 e. The van der Waals surface area contributed by atoms with Gasteiger partial charge in [-0.25, -0.2) is 8.78 Å². The molecule has 0 radical (unpaired) electrons. The lowest BCUT2D eigenvalue weighted by Gasteiger charge is -2.09. The second kappa shape index (κ2) is 7.66. The van der Waals surface area contributed by atoms with Crippen LogP contribution in [0.4, 0.5) is 8.78 Å². The van der Waals surface area contributed by atoms with Crippen molar-refractivity contribution >= 4 is 5.97 Å². The molecule has 0 atom stereocenters. The Morgan fingerprint density at radius 1 is 1.00 bits per heavy atom. The maximum Gasteiger partial charge on any atom is 0.303 e. The van der Waals surface area contributed by atoms with Gasteiger partial charge in [0, 0.05) is 12.0 Å². The van der Waals surface area contributed by atoms with Crippen molar-refractivity contribution in [3.8, 4) is 0 Å². The molecule has 0 fully saturated rings. The van der Waals surface area contributed by atoms with E-state index in [9.17, 15) is 13.6 Å². The Morgan fingerprint density at radius 2 is 1.64 bits per heavy atom. The highest BCUT2D eigenvalue weighted by Crippen LogP contribution is 2.18. The molecule has 2 rings (SSSR count). The fourth-order valence-corrected chi connectivity index (χ4v) is 2.03. The maximum atomic E-state index is 13.9. The van der Waals surface area contributed by atoms with Gasteiger partial charge in [0.05, 0.1) is 13.2 Å². The van der Waals surface area contributed by atoms with E-state index in [1.54, 1.807) is 0 Å². The van der Waals surface area contributed by atoms with Gasteiger partial charge in [-0.15, -0.1) is 0 Å². The van der Waals surface area contributed by atoms with Crippen molar-refractivity contribution in [2.45, 2.75) is 26.1 Å². The molecule has 0 saturated carbocycles. The van der Waals surface area contributed by atoms with Gasteiger partial charge >= 0.3 is 5.97 Å². The highest BCUT2D eigenvalue weighted by molar-refractivity contribution is 5.67. The van der Waals surface area contributed by atoms with Gasteiger partial charge in [0.15, 0.2) is 0 Å². The van der Waals surface area contributed by atoms with Gasteiger partial charge < -0.3 is 9.84 Å². The Bertz CT molecular complexity index is 619. The number of aliphatic carboxylic acids is 1. The molecule has 0 saturated heterocycles. The van der Waals surface area contributed by atoms with Crippen molar-refractivity contribution in [1.82, 2.24) is 0 Å². The zero-order valence-corrected chi connectivity index (χ0v) is 11.9. The first-order valence-electron chi connectivity index (χ1n) is 6.86. The van der Waals surface area contributed by atoms with E-state index in [2.05, 4.69) is 0 Å². The van der Waals surface area contributed by atoms with Crippen LogP contribution in [0.15, 0.2) is 42.5 Å². The fourth-order valence-electron chi connectivity index (χ4n) is 2.03. The van der Waals surface area contributed by atoms with Crippen LogP contribution < -0.4 is 0 Å². The van der Waals surface area contributed by atoms with Crippen molar-refractivity contribution in [3.63, 3.8) is 0 Å². The van der Waals surface area contributed by atoms with Gasteiger partial charge in [0.1, 0.15) is 11.6 Å². The minimum atomic E-state index is -1.00. The smallest absolute Gasteiger partial charge is 0.303 e. The third-order valence-electron chi connectivity index (χ3n) is 3.19. The highest BCUT2D eigenvalue weighted by atomic mass is 19.1. The van der Waals surface area contributed by atoms with Crippen molar-refractivity contribution in [1.29, 1.82) is 0 Å². The quantitative estimate of drug-likeness (QED) is 0.848. The van der Waals surface area contributed by atoms with Crippen molar-refractivity contribution < 1.29 is 23.4 Å². The summed E-state index contributed by atoms with van der Waals surface area (Å²) >= 11 is 0. The molecule has 2 aromatic carbocycles. The Morgan fingerprint density at radius 3 is 2.23 bits per heavy atom. The Balaban J connectivity index is 1.97.